The molecule has 0 bridgehead atoms. The van der Waals surface area contributed by atoms with Gasteiger partial charge >= 0.3 is 5.97 Å². The summed E-state index contributed by atoms with van der Waals surface area (Å²) in [6, 6.07) is 12.2. The molecule has 6 nitrogen and oxygen atoms in total. The number of nitrogens with zero attached hydrogens (tertiary/aromatic N) is 3. The minimum atomic E-state index is -0.346. The van der Waals surface area contributed by atoms with Crippen LogP contribution in [0.1, 0.15) is 48.3 Å². The molecule has 1 aliphatic rings. The van der Waals surface area contributed by atoms with Crippen LogP contribution in [0.3, 0.4) is 0 Å². The molecule has 1 unspecified atom stereocenters. The maximum atomic E-state index is 12.2. The highest BCUT2D eigenvalue weighted by Gasteiger charge is 2.22. The van der Waals surface area contributed by atoms with Crippen molar-refractivity contribution in [3.63, 3.8) is 0 Å². The zero-order chi connectivity index (χ0) is 19.7. The first-order chi connectivity index (χ1) is 13.6. The van der Waals surface area contributed by atoms with Crippen LogP contribution in [0.2, 0.25) is 0 Å². The molecule has 0 fully saturated rings. The molecule has 4 rings (SSSR count). The smallest absolute Gasteiger partial charge is 0.341 e. The molecule has 1 N–H and O–H groups in total. The lowest BCUT2D eigenvalue weighted by atomic mass is 9.99. The van der Waals surface area contributed by atoms with Crippen molar-refractivity contribution in [3.05, 3.63) is 59.4 Å². The van der Waals surface area contributed by atoms with Crippen molar-refractivity contribution < 1.29 is 9.53 Å². The molecule has 3 aromatic rings. The molecule has 1 atom stereocenters. The number of carbonyl (C=O) groups is 1. The van der Waals surface area contributed by atoms with Gasteiger partial charge in [-0.15, -0.1) is 0 Å². The Morgan fingerprint density at radius 1 is 1.25 bits per heavy atom. The van der Waals surface area contributed by atoms with Crippen molar-refractivity contribution in [3.8, 4) is 17.1 Å². The van der Waals surface area contributed by atoms with Crippen LogP contribution in [0.25, 0.3) is 17.1 Å². The highest BCUT2D eigenvalue weighted by molar-refractivity contribution is 5.90. The third kappa shape index (κ3) is 3.05. The number of anilines is 1. The Balaban J connectivity index is 1.76. The molecule has 0 spiro atoms. The molecule has 1 aromatic carbocycles. The van der Waals surface area contributed by atoms with Gasteiger partial charge in [0.25, 0.3) is 0 Å². The highest BCUT2D eigenvalue weighted by atomic mass is 16.5. The van der Waals surface area contributed by atoms with E-state index >= 15 is 0 Å². The fraction of sp³-hybridized carbons (Fsp3) is 0.318. The first kappa shape index (κ1) is 18.2. The van der Waals surface area contributed by atoms with E-state index in [-0.39, 0.29) is 5.97 Å². The zero-order valence-corrected chi connectivity index (χ0v) is 16.4. The molecule has 3 heterocycles. The molecule has 0 radical (unpaired) electrons. The lowest BCUT2D eigenvalue weighted by molar-refractivity contribution is 0.0525. The molecular formula is C22H24N4O2. The van der Waals surface area contributed by atoms with Gasteiger partial charge in [-0.3, -0.25) is 0 Å². The summed E-state index contributed by atoms with van der Waals surface area (Å²) in [5.41, 5.74) is 5.73. The Kier molecular flexibility index (Phi) is 4.86. The molecule has 28 heavy (non-hydrogen) atoms. The average Bonchev–Trinajstić information content (AvgIpc) is 3.32. The monoisotopic (exact) mass is 376 g/mol. The predicted octanol–water partition coefficient (Wildman–Crippen LogP) is 4.20. The van der Waals surface area contributed by atoms with Crippen molar-refractivity contribution >= 4 is 11.7 Å². The highest BCUT2D eigenvalue weighted by Crippen LogP contribution is 2.38. The van der Waals surface area contributed by atoms with Gasteiger partial charge in [-0.25, -0.2) is 14.5 Å². The van der Waals surface area contributed by atoms with E-state index in [2.05, 4.69) is 35.5 Å². The van der Waals surface area contributed by atoms with Crippen molar-refractivity contribution in [2.45, 2.75) is 33.1 Å². The Bertz CT molecular complexity index is 1030. The van der Waals surface area contributed by atoms with Gasteiger partial charge in [0.2, 0.25) is 0 Å². The fourth-order valence-corrected chi connectivity index (χ4v) is 3.74. The summed E-state index contributed by atoms with van der Waals surface area (Å²) in [6.07, 6.45) is 2.22. The molecule has 144 valence electrons. The largest absolute Gasteiger partial charge is 0.462 e. The van der Waals surface area contributed by atoms with E-state index in [1.165, 1.54) is 5.56 Å². The molecule has 0 saturated heterocycles. The number of hydrogen-bond donors (Lipinski definition) is 1. The summed E-state index contributed by atoms with van der Waals surface area (Å²) in [6.45, 7) is 7.29. The molecule has 0 aliphatic carbocycles. The third-order valence-electron chi connectivity index (χ3n) is 5.14. The second-order valence-electron chi connectivity index (χ2n) is 6.92. The zero-order valence-electron chi connectivity index (χ0n) is 16.4. The van der Waals surface area contributed by atoms with E-state index < -0.39 is 0 Å². The van der Waals surface area contributed by atoms with Gasteiger partial charge in [0.1, 0.15) is 5.56 Å². The number of nitrogens with one attached hydrogen (secondary N) is 1. The quantitative estimate of drug-likeness (QED) is 0.676. The second kappa shape index (κ2) is 7.46. The minimum Gasteiger partial charge on any atom is -0.462 e. The van der Waals surface area contributed by atoms with Crippen LogP contribution >= 0.6 is 0 Å². The number of ether oxygens (including phenoxy) is 1. The van der Waals surface area contributed by atoms with Gasteiger partial charge in [-0.05, 0) is 31.0 Å². The second-order valence-corrected chi connectivity index (χ2v) is 6.92. The van der Waals surface area contributed by atoms with Gasteiger partial charge in [0, 0.05) is 23.7 Å². The SMILES string of the molecule is CCOC(=O)c1cnn(-c2cccc(-c3cccc4c3NCC4C)n2)c1CC. The summed E-state index contributed by atoms with van der Waals surface area (Å²) in [5, 5.41) is 7.93. The van der Waals surface area contributed by atoms with Crippen LogP contribution in [0.15, 0.2) is 42.6 Å². The lowest BCUT2D eigenvalue weighted by Gasteiger charge is -2.11. The first-order valence-electron chi connectivity index (χ1n) is 9.72. The van der Waals surface area contributed by atoms with E-state index in [4.69, 9.17) is 9.72 Å². The van der Waals surface area contributed by atoms with Crippen LogP contribution in [-0.4, -0.2) is 33.9 Å². The van der Waals surface area contributed by atoms with Crippen molar-refractivity contribution in [2.24, 2.45) is 0 Å². The number of fused-ring (bicyclic) bond motifs is 1. The lowest BCUT2D eigenvalue weighted by Crippen LogP contribution is -2.10. The molecule has 2 aromatic heterocycles. The Hall–Kier alpha value is -3.15. The van der Waals surface area contributed by atoms with Crippen LogP contribution in [-0.2, 0) is 11.2 Å². The molecular weight excluding hydrogens is 352 g/mol. The number of hydrogen-bond acceptors (Lipinski definition) is 5. The molecule has 0 saturated carbocycles. The number of rotatable bonds is 5. The van der Waals surface area contributed by atoms with Crippen LogP contribution < -0.4 is 5.32 Å². The number of esters is 1. The van der Waals surface area contributed by atoms with E-state index in [9.17, 15) is 4.79 Å². The molecule has 0 amide bonds. The van der Waals surface area contributed by atoms with Gasteiger partial charge in [-0.1, -0.05) is 38.1 Å². The number of benzene rings is 1. The van der Waals surface area contributed by atoms with Crippen LogP contribution in [0, 0.1) is 0 Å². The number of para-hydroxylation sites is 1. The number of carbonyl (C=O) groups excluding carboxylic acids is 1. The van der Waals surface area contributed by atoms with Crippen LogP contribution in [0.5, 0.6) is 0 Å². The van der Waals surface area contributed by atoms with Gasteiger partial charge in [0.05, 0.1) is 24.2 Å². The predicted molar refractivity (Wildman–Crippen MR) is 109 cm³/mol. The Labute approximate surface area is 164 Å². The third-order valence-corrected chi connectivity index (χ3v) is 5.14. The Morgan fingerprint density at radius 2 is 2.07 bits per heavy atom. The maximum Gasteiger partial charge on any atom is 0.341 e. The van der Waals surface area contributed by atoms with Crippen molar-refractivity contribution in [1.82, 2.24) is 14.8 Å². The minimum absolute atomic E-state index is 0.339. The maximum absolute atomic E-state index is 12.2. The standard InChI is InChI=1S/C22H24N4O2/c1-4-19-17(22(27)28-5-2)13-24-26(19)20-11-7-10-18(25-20)16-9-6-8-15-14(3)12-23-21(15)16/h6-11,13-14,23H,4-5,12H2,1-3H3. The number of aromatic nitrogens is 3. The van der Waals surface area contributed by atoms with Gasteiger partial charge < -0.3 is 10.1 Å². The average molecular weight is 376 g/mol. The summed E-state index contributed by atoms with van der Waals surface area (Å²) in [4.78, 5) is 17.1. The first-order valence-corrected chi connectivity index (χ1v) is 9.72. The van der Waals surface area contributed by atoms with Gasteiger partial charge in [-0.2, -0.15) is 5.10 Å². The molecule has 1 aliphatic heterocycles. The van der Waals surface area contributed by atoms with E-state index in [0.29, 0.717) is 30.3 Å². The van der Waals surface area contributed by atoms with Crippen molar-refractivity contribution in [1.29, 1.82) is 0 Å². The fourth-order valence-electron chi connectivity index (χ4n) is 3.74. The summed E-state index contributed by atoms with van der Waals surface area (Å²) < 4.78 is 6.88. The van der Waals surface area contributed by atoms with E-state index in [0.717, 1.165) is 29.2 Å². The molecule has 6 heteroatoms. The topological polar surface area (TPSA) is 69.0 Å². The summed E-state index contributed by atoms with van der Waals surface area (Å²) >= 11 is 0. The van der Waals surface area contributed by atoms with E-state index in [1.54, 1.807) is 17.8 Å². The van der Waals surface area contributed by atoms with Crippen molar-refractivity contribution in [2.75, 3.05) is 18.5 Å². The van der Waals surface area contributed by atoms with Gasteiger partial charge in [0.15, 0.2) is 5.82 Å². The number of pyridine rings is 1. The Morgan fingerprint density at radius 3 is 2.86 bits per heavy atom. The normalized spacial score (nSPS) is 15.2. The van der Waals surface area contributed by atoms with E-state index in [1.807, 2.05) is 25.1 Å². The summed E-state index contributed by atoms with van der Waals surface area (Å²) in [5.74, 6) is 0.831. The van der Waals surface area contributed by atoms with Crippen LogP contribution in [0.4, 0.5) is 5.69 Å². The summed E-state index contributed by atoms with van der Waals surface area (Å²) in [7, 11) is 0.